The van der Waals surface area contributed by atoms with Gasteiger partial charge in [0.05, 0.1) is 0 Å². The molecule has 2 aromatic carbocycles. The zero-order valence-electron chi connectivity index (χ0n) is 11.1. The van der Waals surface area contributed by atoms with Gasteiger partial charge in [-0.1, -0.05) is 24.3 Å². The number of nitrogens with one attached hydrogen (secondary N) is 1. The lowest BCUT2D eigenvalue weighted by molar-refractivity contribution is 0.574. The van der Waals surface area contributed by atoms with E-state index in [-0.39, 0.29) is 6.54 Å². The van der Waals surface area contributed by atoms with E-state index in [9.17, 15) is 8.78 Å². The second kappa shape index (κ2) is 5.75. The first-order valence-corrected chi connectivity index (χ1v) is 6.50. The summed E-state index contributed by atoms with van der Waals surface area (Å²) in [5.41, 5.74) is 1.34. The minimum absolute atomic E-state index is 0.232. The topological polar surface area (TPSA) is 29.9 Å². The molecule has 3 nitrogen and oxygen atoms in total. The molecule has 21 heavy (non-hydrogen) atoms. The van der Waals surface area contributed by atoms with Crippen LogP contribution in [0.25, 0.3) is 5.69 Å². The number of benzene rings is 2. The number of aromatic nitrogens is 2. The van der Waals surface area contributed by atoms with Crippen LogP contribution >= 0.6 is 0 Å². The average molecular weight is 285 g/mol. The van der Waals surface area contributed by atoms with E-state index in [1.165, 1.54) is 12.1 Å². The van der Waals surface area contributed by atoms with Crippen molar-refractivity contribution in [2.75, 3.05) is 5.32 Å². The van der Waals surface area contributed by atoms with E-state index in [1.54, 1.807) is 6.20 Å². The second-order valence-corrected chi connectivity index (χ2v) is 4.55. The Morgan fingerprint density at radius 3 is 2.62 bits per heavy atom. The molecule has 0 spiro atoms. The predicted octanol–water partition coefficient (Wildman–Crippen LogP) is 3.76. The summed E-state index contributed by atoms with van der Waals surface area (Å²) in [7, 11) is 0. The molecule has 0 unspecified atom stereocenters. The van der Waals surface area contributed by atoms with Gasteiger partial charge in [0.1, 0.15) is 11.6 Å². The molecule has 1 N–H and O–H groups in total. The molecule has 0 bridgehead atoms. The van der Waals surface area contributed by atoms with Crippen LogP contribution in [-0.2, 0) is 6.54 Å². The summed E-state index contributed by atoms with van der Waals surface area (Å²) in [4.78, 5) is 4.21. The van der Waals surface area contributed by atoms with Gasteiger partial charge in [-0.2, -0.15) is 0 Å². The standard InChI is InChI=1S/C16H13F2N3/c17-13-7-6-12(15(18)10-13)11-20-16-19-8-9-21(16)14-4-2-1-3-5-14/h1-10H,11H2,(H,19,20). The third kappa shape index (κ3) is 2.91. The summed E-state index contributed by atoms with van der Waals surface area (Å²) in [6.45, 7) is 0.232. The second-order valence-electron chi connectivity index (χ2n) is 4.55. The fraction of sp³-hybridized carbons (Fsp3) is 0.0625. The van der Waals surface area contributed by atoms with Crippen LogP contribution in [0.5, 0.6) is 0 Å². The van der Waals surface area contributed by atoms with Gasteiger partial charge in [-0.3, -0.25) is 4.57 Å². The number of anilines is 1. The number of rotatable bonds is 4. The van der Waals surface area contributed by atoms with Crippen molar-refractivity contribution < 1.29 is 8.78 Å². The Morgan fingerprint density at radius 2 is 1.86 bits per heavy atom. The number of halogens is 2. The quantitative estimate of drug-likeness (QED) is 0.791. The van der Waals surface area contributed by atoms with E-state index in [4.69, 9.17) is 0 Å². The Labute approximate surface area is 120 Å². The maximum atomic E-state index is 13.6. The SMILES string of the molecule is Fc1ccc(CNc2nccn2-c2ccccc2)c(F)c1. The molecule has 0 aliphatic rings. The van der Waals surface area contributed by atoms with Gasteiger partial charge in [-0.15, -0.1) is 0 Å². The van der Waals surface area contributed by atoms with Crippen LogP contribution in [0, 0.1) is 11.6 Å². The van der Waals surface area contributed by atoms with Crippen LogP contribution in [0.4, 0.5) is 14.7 Å². The molecule has 1 aromatic heterocycles. The normalized spacial score (nSPS) is 10.6. The largest absolute Gasteiger partial charge is 0.351 e. The van der Waals surface area contributed by atoms with Gasteiger partial charge in [0.2, 0.25) is 5.95 Å². The molecule has 0 saturated carbocycles. The molecule has 0 fully saturated rings. The van der Waals surface area contributed by atoms with E-state index in [1.807, 2.05) is 41.1 Å². The summed E-state index contributed by atoms with van der Waals surface area (Å²) < 4.78 is 28.3. The molecular formula is C16H13F2N3. The maximum absolute atomic E-state index is 13.6. The average Bonchev–Trinajstić information content (AvgIpc) is 2.96. The summed E-state index contributed by atoms with van der Waals surface area (Å²) >= 11 is 0. The van der Waals surface area contributed by atoms with Crippen molar-refractivity contribution in [1.82, 2.24) is 9.55 Å². The van der Waals surface area contributed by atoms with Crippen LogP contribution < -0.4 is 5.32 Å². The Balaban J connectivity index is 1.79. The molecule has 0 amide bonds. The first-order chi connectivity index (χ1) is 10.2. The Bertz CT molecular complexity index is 738. The highest BCUT2D eigenvalue weighted by Crippen LogP contribution is 2.16. The lowest BCUT2D eigenvalue weighted by Crippen LogP contribution is -2.07. The highest BCUT2D eigenvalue weighted by atomic mass is 19.1. The Kier molecular flexibility index (Phi) is 3.64. The third-order valence-corrected chi connectivity index (χ3v) is 3.13. The highest BCUT2D eigenvalue weighted by molar-refractivity contribution is 5.42. The van der Waals surface area contributed by atoms with Crippen LogP contribution in [0.1, 0.15) is 5.56 Å². The van der Waals surface area contributed by atoms with E-state index in [0.717, 1.165) is 11.8 Å². The van der Waals surface area contributed by atoms with Crippen LogP contribution in [0.3, 0.4) is 0 Å². The van der Waals surface area contributed by atoms with Gasteiger partial charge in [-0.25, -0.2) is 13.8 Å². The molecule has 1 heterocycles. The summed E-state index contributed by atoms with van der Waals surface area (Å²) in [5, 5.41) is 3.06. The van der Waals surface area contributed by atoms with Crippen molar-refractivity contribution in [3.8, 4) is 5.69 Å². The number of hydrogen-bond acceptors (Lipinski definition) is 2. The van der Waals surface area contributed by atoms with Crippen molar-refractivity contribution in [3.63, 3.8) is 0 Å². The van der Waals surface area contributed by atoms with Gasteiger partial charge in [0.25, 0.3) is 0 Å². The molecule has 0 saturated heterocycles. The van der Waals surface area contributed by atoms with E-state index < -0.39 is 11.6 Å². The van der Waals surface area contributed by atoms with Gasteiger partial charge in [0.15, 0.2) is 0 Å². The summed E-state index contributed by atoms with van der Waals surface area (Å²) in [5.74, 6) is -0.549. The highest BCUT2D eigenvalue weighted by Gasteiger charge is 2.07. The number of hydrogen-bond donors (Lipinski definition) is 1. The lowest BCUT2D eigenvalue weighted by Gasteiger charge is -2.10. The predicted molar refractivity (Wildman–Crippen MR) is 77.2 cm³/mol. The van der Waals surface area contributed by atoms with Crippen LogP contribution in [0.15, 0.2) is 60.9 Å². The molecule has 3 aromatic rings. The monoisotopic (exact) mass is 285 g/mol. The zero-order valence-corrected chi connectivity index (χ0v) is 11.1. The molecule has 3 rings (SSSR count). The van der Waals surface area contributed by atoms with E-state index in [2.05, 4.69) is 10.3 Å². The number of imidazole rings is 1. The van der Waals surface area contributed by atoms with Crippen molar-refractivity contribution in [3.05, 3.63) is 78.1 Å². The smallest absolute Gasteiger partial charge is 0.207 e. The first-order valence-electron chi connectivity index (χ1n) is 6.50. The fourth-order valence-corrected chi connectivity index (χ4v) is 2.07. The molecular weight excluding hydrogens is 272 g/mol. The molecule has 106 valence electrons. The minimum atomic E-state index is -0.581. The lowest BCUT2D eigenvalue weighted by atomic mass is 10.2. The Hall–Kier alpha value is -2.69. The molecule has 5 heteroatoms. The Morgan fingerprint density at radius 1 is 1.05 bits per heavy atom. The fourth-order valence-electron chi connectivity index (χ4n) is 2.07. The van der Waals surface area contributed by atoms with Crippen molar-refractivity contribution >= 4 is 5.95 Å². The van der Waals surface area contributed by atoms with Crippen LogP contribution in [0.2, 0.25) is 0 Å². The molecule has 0 aliphatic carbocycles. The third-order valence-electron chi connectivity index (χ3n) is 3.13. The zero-order chi connectivity index (χ0) is 14.7. The number of nitrogens with zero attached hydrogens (tertiary/aromatic N) is 2. The van der Waals surface area contributed by atoms with Gasteiger partial charge >= 0.3 is 0 Å². The summed E-state index contributed by atoms with van der Waals surface area (Å²) in [6, 6.07) is 13.2. The minimum Gasteiger partial charge on any atom is -0.351 e. The van der Waals surface area contributed by atoms with Crippen LogP contribution in [-0.4, -0.2) is 9.55 Å². The van der Waals surface area contributed by atoms with Gasteiger partial charge in [0, 0.05) is 36.3 Å². The molecule has 0 atom stereocenters. The maximum Gasteiger partial charge on any atom is 0.207 e. The van der Waals surface area contributed by atoms with Gasteiger partial charge in [-0.05, 0) is 18.2 Å². The molecule has 0 aliphatic heterocycles. The number of para-hydroxylation sites is 1. The van der Waals surface area contributed by atoms with E-state index >= 15 is 0 Å². The molecule has 0 radical (unpaired) electrons. The first kappa shape index (κ1) is 13.3. The van der Waals surface area contributed by atoms with Crippen molar-refractivity contribution in [2.45, 2.75) is 6.54 Å². The summed E-state index contributed by atoms with van der Waals surface area (Å²) in [6.07, 6.45) is 3.48. The van der Waals surface area contributed by atoms with E-state index in [0.29, 0.717) is 11.5 Å². The van der Waals surface area contributed by atoms with Gasteiger partial charge < -0.3 is 5.32 Å². The van der Waals surface area contributed by atoms with Crippen molar-refractivity contribution in [2.24, 2.45) is 0 Å². The van der Waals surface area contributed by atoms with Crippen molar-refractivity contribution in [1.29, 1.82) is 0 Å².